The van der Waals surface area contributed by atoms with Gasteiger partial charge in [-0.05, 0) is 68.5 Å². The number of nitrogens with zero attached hydrogens (tertiary/aromatic N) is 3. The van der Waals surface area contributed by atoms with Crippen LogP contribution in [0.1, 0.15) is 39.2 Å². The van der Waals surface area contributed by atoms with Gasteiger partial charge in [-0.15, -0.1) is 0 Å². The van der Waals surface area contributed by atoms with Crippen LogP contribution in [0.5, 0.6) is 0 Å². The number of nitrogens with one attached hydrogen (secondary N) is 1. The molecule has 1 fully saturated rings. The summed E-state index contributed by atoms with van der Waals surface area (Å²) in [7, 11) is 2.96. The van der Waals surface area contributed by atoms with Crippen molar-refractivity contribution < 1.29 is 27.9 Å². The van der Waals surface area contributed by atoms with Gasteiger partial charge in [-0.25, -0.2) is 14.0 Å². The summed E-state index contributed by atoms with van der Waals surface area (Å²) >= 11 is 0. The average molecular weight is 553 g/mol. The second-order valence-corrected chi connectivity index (χ2v) is 10.8. The number of nitriles is 1. The number of hydrogen-bond acceptors (Lipinski definition) is 7. The first-order chi connectivity index (χ1) is 18.9. The molecule has 2 aromatic carbocycles. The Bertz CT molecular complexity index is 1520. The highest BCUT2D eigenvalue weighted by Crippen LogP contribution is 2.27. The SMILES string of the molecule is COC(C(=O)N[C@H](C#N)Cc1ccc(-c2ccc3oc(=O)n(C)c3c2)cc1F)[C@@H]1CCCN1C(=O)OC(C)(C)C. The Hall–Kier alpha value is -4.17. The lowest BCUT2D eigenvalue weighted by Crippen LogP contribution is -2.53. The molecule has 1 saturated heterocycles. The number of hydrogen-bond donors (Lipinski definition) is 1. The summed E-state index contributed by atoms with van der Waals surface area (Å²) in [6.07, 6.45) is -0.400. The van der Waals surface area contributed by atoms with E-state index in [1.165, 1.54) is 22.6 Å². The lowest BCUT2D eigenvalue weighted by molar-refractivity contribution is -0.134. The molecular formula is C29H33FN4O6. The molecule has 3 atom stereocenters. The van der Waals surface area contributed by atoms with Crippen LogP contribution in [0.25, 0.3) is 22.2 Å². The molecule has 2 heterocycles. The van der Waals surface area contributed by atoms with Crippen molar-refractivity contribution in [3.8, 4) is 17.2 Å². The molecule has 4 rings (SSSR count). The van der Waals surface area contributed by atoms with Crippen LogP contribution in [0, 0.1) is 17.1 Å². The molecular weight excluding hydrogens is 519 g/mol. The monoisotopic (exact) mass is 552 g/mol. The highest BCUT2D eigenvalue weighted by molar-refractivity contribution is 5.83. The van der Waals surface area contributed by atoms with Gasteiger partial charge in [0, 0.05) is 27.1 Å². The number of ether oxygens (including phenoxy) is 2. The highest BCUT2D eigenvalue weighted by atomic mass is 19.1. The van der Waals surface area contributed by atoms with Crippen LogP contribution in [0.15, 0.2) is 45.6 Å². The van der Waals surface area contributed by atoms with E-state index in [-0.39, 0.29) is 12.0 Å². The van der Waals surface area contributed by atoms with Gasteiger partial charge in [0.25, 0.3) is 5.91 Å². The molecule has 0 saturated carbocycles. The number of oxazole rings is 1. The van der Waals surface area contributed by atoms with Crippen molar-refractivity contribution in [2.45, 2.75) is 63.8 Å². The predicted molar refractivity (Wildman–Crippen MR) is 145 cm³/mol. The van der Waals surface area contributed by atoms with Crippen LogP contribution >= 0.6 is 0 Å². The largest absolute Gasteiger partial charge is 0.444 e. The van der Waals surface area contributed by atoms with Gasteiger partial charge in [-0.1, -0.05) is 18.2 Å². The van der Waals surface area contributed by atoms with E-state index in [1.807, 2.05) is 6.07 Å². The Morgan fingerprint density at radius 3 is 2.58 bits per heavy atom. The first kappa shape index (κ1) is 28.8. The second kappa shape index (κ2) is 11.5. The van der Waals surface area contributed by atoms with Crippen molar-refractivity contribution in [2.75, 3.05) is 13.7 Å². The fourth-order valence-electron chi connectivity index (χ4n) is 4.89. The molecule has 10 nitrogen and oxygen atoms in total. The minimum Gasteiger partial charge on any atom is -0.444 e. The Morgan fingerprint density at radius 2 is 1.93 bits per heavy atom. The Kier molecular flexibility index (Phi) is 8.30. The number of fused-ring (bicyclic) bond motifs is 1. The van der Waals surface area contributed by atoms with Gasteiger partial charge >= 0.3 is 11.8 Å². The first-order valence-corrected chi connectivity index (χ1v) is 13.0. The minimum atomic E-state index is -1.03. The van der Waals surface area contributed by atoms with Crippen LogP contribution < -0.4 is 11.1 Å². The zero-order valence-electron chi connectivity index (χ0n) is 23.2. The van der Waals surface area contributed by atoms with E-state index >= 15 is 4.39 Å². The zero-order valence-corrected chi connectivity index (χ0v) is 23.2. The van der Waals surface area contributed by atoms with Crippen molar-refractivity contribution in [3.63, 3.8) is 0 Å². The smallest absolute Gasteiger partial charge is 0.419 e. The molecule has 40 heavy (non-hydrogen) atoms. The first-order valence-electron chi connectivity index (χ1n) is 13.0. The summed E-state index contributed by atoms with van der Waals surface area (Å²) in [5, 5.41) is 12.4. The van der Waals surface area contributed by atoms with Gasteiger partial charge < -0.3 is 24.1 Å². The molecule has 212 valence electrons. The summed E-state index contributed by atoms with van der Waals surface area (Å²) in [4.78, 5) is 39.1. The number of methoxy groups -OCH3 is 1. The number of aromatic nitrogens is 1. The fraction of sp³-hybridized carbons (Fsp3) is 0.448. The van der Waals surface area contributed by atoms with Crippen molar-refractivity contribution in [1.29, 1.82) is 5.26 Å². The van der Waals surface area contributed by atoms with Gasteiger partial charge in [0.2, 0.25) is 0 Å². The van der Waals surface area contributed by atoms with Crippen molar-refractivity contribution in [1.82, 2.24) is 14.8 Å². The number of benzene rings is 2. The maximum Gasteiger partial charge on any atom is 0.419 e. The van der Waals surface area contributed by atoms with Crippen LogP contribution in [-0.2, 0) is 27.7 Å². The van der Waals surface area contributed by atoms with Gasteiger partial charge in [-0.2, -0.15) is 5.26 Å². The topological polar surface area (TPSA) is 127 Å². The number of carbonyl (C=O) groups is 2. The zero-order chi connectivity index (χ0) is 29.2. The average Bonchev–Trinajstić information content (AvgIpc) is 3.48. The molecule has 0 bridgehead atoms. The summed E-state index contributed by atoms with van der Waals surface area (Å²) in [6, 6.07) is 10.2. The number of likely N-dealkylation sites (tertiary alicyclic amines) is 1. The molecule has 1 aromatic heterocycles. The van der Waals surface area contributed by atoms with E-state index in [0.29, 0.717) is 41.6 Å². The lowest BCUT2D eigenvalue weighted by Gasteiger charge is -2.32. The van der Waals surface area contributed by atoms with Crippen LogP contribution in [0.4, 0.5) is 9.18 Å². The van der Waals surface area contributed by atoms with Crippen LogP contribution in [0.2, 0.25) is 0 Å². The predicted octanol–water partition coefficient (Wildman–Crippen LogP) is 3.90. The second-order valence-electron chi connectivity index (χ2n) is 10.8. The Labute approximate surface area is 231 Å². The van der Waals surface area contributed by atoms with Gasteiger partial charge in [0.15, 0.2) is 11.7 Å². The maximum absolute atomic E-state index is 15.1. The van der Waals surface area contributed by atoms with E-state index in [4.69, 9.17) is 13.9 Å². The van der Waals surface area contributed by atoms with Gasteiger partial charge in [-0.3, -0.25) is 9.36 Å². The summed E-state index contributed by atoms with van der Waals surface area (Å²) in [5.41, 5.74) is 1.84. The van der Waals surface area contributed by atoms with E-state index < -0.39 is 47.4 Å². The number of carbonyl (C=O) groups excluding carboxylic acids is 2. The number of aryl methyl sites for hydroxylation is 1. The van der Waals surface area contributed by atoms with Crippen LogP contribution in [0.3, 0.4) is 0 Å². The molecule has 0 aliphatic carbocycles. The molecule has 1 aliphatic heterocycles. The number of amides is 2. The standard InChI is InChI=1S/C29H33FN4O6/c1-29(2,3)40-28(37)34-12-6-7-22(34)25(38-5)26(35)32-20(16-31)13-19-9-8-17(14-21(19)30)18-10-11-24-23(15-18)33(4)27(36)39-24/h8-11,14-15,20,22,25H,6-7,12-13H2,1-5H3,(H,32,35)/t20-,22-,25?/m0/s1. The third-order valence-corrected chi connectivity index (χ3v) is 6.86. The molecule has 0 radical (unpaired) electrons. The van der Waals surface area contributed by atoms with E-state index in [2.05, 4.69) is 5.32 Å². The maximum atomic E-state index is 15.1. The number of halogens is 1. The van der Waals surface area contributed by atoms with Crippen LogP contribution in [-0.4, -0.2) is 58.9 Å². The Balaban J connectivity index is 1.46. The highest BCUT2D eigenvalue weighted by Gasteiger charge is 2.41. The van der Waals surface area contributed by atoms with Gasteiger partial charge in [0.05, 0.1) is 17.6 Å². The summed E-state index contributed by atoms with van der Waals surface area (Å²) < 4.78 is 32.6. The molecule has 1 aliphatic rings. The van der Waals surface area contributed by atoms with Crippen molar-refractivity contribution >= 4 is 23.1 Å². The van der Waals surface area contributed by atoms with E-state index in [9.17, 15) is 19.6 Å². The minimum absolute atomic E-state index is 0.0689. The normalized spacial score (nSPS) is 16.9. The van der Waals surface area contributed by atoms with Gasteiger partial charge in [0.1, 0.15) is 17.5 Å². The summed E-state index contributed by atoms with van der Waals surface area (Å²) in [6.45, 7) is 5.72. The number of rotatable bonds is 7. The quantitative estimate of drug-likeness (QED) is 0.471. The molecule has 1 N–H and O–H groups in total. The third kappa shape index (κ3) is 6.18. The van der Waals surface area contributed by atoms with Crippen molar-refractivity contribution in [2.24, 2.45) is 7.05 Å². The lowest BCUT2D eigenvalue weighted by atomic mass is 9.99. The molecule has 2 amide bonds. The Morgan fingerprint density at radius 1 is 1.23 bits per heavy atom. The van der Waals surface area contributed by atoms with E-state index in [0.717, 1.165) is 0 Å². The summed E-state index contributed by atoms with van der Waals surface area (Å²) in [5.74, 6) is -1.59. The molecule has 11 heteroatoms. The van der Waals surface area contributed by atoms with E-state index in [1.54, 1.807) is 58.2 Å². The molecule has 0 spiro atoms. The molecule has 3 aromatic rings. The fourth-order valence-corrected chi connectivity index (χ4v) is 4.89. The van der Waals surface area contributed by atoms with Crippen molar-refractivity contribution in [3.05, 3.63) is 58.3 Å². The third-order valence-electron chi connectivity index (χ3n) is 6.86. The molecule has 1 unspecified atom stereocenters.